The number of anilines is 2. The summed E-state index contributed by atoms with van der Waals surface area (Å²) in [5.41, 5.74) is 1.38. The molecule has 17 nitrogen and oxygen atoms in total. The second-order valence-corrected chi connectivity index (χ2v) is 21.6. The number of nitrogens with zero attached hydrogens (tertiary/aromatic N) is 7. The number of urea groups is 2. The summed E-state index contributed by atoms with van der Waals surface area (Å²) in [6.07, 6.45) is -8.16. The van der Waals surface area contributed by atoms with Gasteiger partial charge in [-0.2, -0.15) is 26.3 Å². The van der Waals surface area contributed by atoms with Crippen molar-refractivity contribution < 1.29 is 59.8 Å². The van der Waals surface area contributed by atoms with E-state index in [2.05, 4.69) is 16.0 Å². The van der Waals surface area contributed by atoms with Crippen LogP contribution >= 0.6 is 46.4 Å². The Bertz CT molecular complexity index is 2860. The maximum Gasteiger partial charge on any atom is 0.416 e. The van der Waals surface area contributed by atoms with E-state index in [0.29, 0.717) is 140 Å². The Morgan fingerprint density at radius 2 is 1.07 bits per heavy atom. The predicted octanol–water partition coefficient (Wildman–Crippen LogP) is 8.34. The number of alkyl halides is 6. The zero-order valence-corrected chi connectivity index (χ0v) is 49.4. The molecule has 4 saturated heterocycles. The van der Waals surface area contributed by atoms with E-state index in [1.165, 1.54) is 28.0 Å². The summed E-state index contributed by atoms with van der Waals surface area (Å²) in [5.74, 6) is -0.444. The van der Waals surface area contributed by atoms with Crippen molar-refractivity contribution in [2.45, 2.75) is 43.8 Å². The van der Waals surface area contributed by atoms with Gasteiger partial charge in [0.25, 0.3) is 0 Å². The Balaban J connectivity index is 0.000000244. The monoisotopic (exact) mass is 1250 g/mol. The van der Waals surface area contributed by atoms with Gasteiger partial charge in [-0.3, -0.25) is 19.3 Å². The Kier molecular flexibility index (Phi) is 24.7. The van der Waals surface area contributed by atoms with E-state index >= 15 is 0 Å². The topological polar surface area (TPSA) is 163 Å². The van der Waals surface area contributed by atoms with Crippen molar-refractivity contribution in [3.63, 3.8) is 0 Å². The lowest BCUT2D eigenvalue weighted by Crippen LogP contribution is -2.56. The summed E-state index contributed by atoms with van der Waals surface area (Å²) in [5, 5.41) is 10.2. The largest absolute Gasteiger partial charge is 0.416 e. The maximum absolute atomic E-state index is 13.8. The number of hydrogen-bond donors (Lipinski definition) is 3. The maximum atomic E-state index is 13.8. The fourth-order valence-electron chi connectivity index (χ4n) is 9.91. The zero-order chi connectivity index (χ0) is 60.6. The average molecular weight is 1250 g/mol. The molecule has 4 fully saturated rings. The van der Waals surface area contributed by atoms with Gasteiger partial charge in [0.15, 0.2) is 6.29 Å². The van der Waals surface area contributed by atoms with Gasteiger partial charge in [-0.1, -0.05) is 58.5 Å². The van der Waals surface area contributed by atoms with Gasteiger partial charge in [0.05, 0.1) is 24.3 Å². The van der Waals surface area contributed by atoms with Crippen molar-refractivity contribution in [3.8, 4) is 0 Å². The molecule has 2 atom stereocenters. The summed E-state index contributed by atoms with van der Waals surface area (Å²) in [7, 11) is 7.01. The van der Waals surface area contributed by atoms with Crippen LogP contribution in [0.25, 0.3) is 0 Å². The first-order chi connectivity index (χ1) is 39.5. The number of piperazine rings is 2. The van der Waals surface area contributed by atoms with Crippen molar-refractivity contribution in [2.24, 2.45) is 0 Å². The Labute approximate surface area is 498 Å². The Morgan fingerprint density at radius 1 is 0.627 bits per heavy atom. The smallest absolute Gasteiger partial charge is 0.383 e. The van der Waals surface area contributed by atoms with Crippen LogP contribution in [0.5, 0.6) is 0 Å². The molecule has 4 aliphatic rings. The molecule has 4 aliphatic heterocycles. The molecule has 0 spiro atoms. The molecule has 0 radical (unpaired) electrons. The molecular weight excluding hydrogens is 1180 g/mol. The molecule has 0 aliphatic carbocycles. The normalized spacial score (nSPS) is 16.5. The summed E-state index contributed by atoms with van der Waals surface area (Å²) < 4.78 is 89.5. The highest BCUT2D eigenvalue weighted by atomic mass is 35.5. The summed E-state index contributed by atoms with van der Waals surface area (Å²) in [6, 6.07) is 14.7. The SMILES string of the molecule is CNCCOC.COCCN(C)Cc1cc(C(F)(F)F)ccc1N1CCN(C(=O)[C@@H](Cc2ccc(Cl)cc2Cl)N2CCNC2=O)CC1.O=Cc1cc(C(F)(F)F)ccc1N1CCN(C(=O)[C@@H](Cc2ccc(Cl)cc2Cl)N2CCNC2=O)CC1. The van der Waals surface area contributed by atoms with E-state index in [4.69, 9.17) is 55.9 Å². The fraction of sp³-hybridized carbons (Fsp3) is 0.482. The van der Waals surface area contributed by atoms with Gasteiger partial charge in [0, 0.05) is 162 Å². The Hall–Kier alpha value is -5.79. The molecule has 0 unspecified atom stereocenters. The highest BCUT2D eigenvalue weighted by Crippen LogP contribution is 2.36. The quantitative estimate of drug-likeness (QED) is 0.0470. The zero-order valence-electron chi connectivity index (χ0n) is 46.4. The highest BCUT2D eigenvalue weighted by molar-refractivity contribution is 6.35. The number of halogens is 10. The molecular formula is C56H68Cl4F6N10O7. The molecule has 4 aromatic rings. The van der Waals surface area contributed by atoms with Gasteiger partial charge < -0.3 is 54.8 Å². The minimum atomic E-state index is -4.55. The summed E-state index contributed by atoms with van der Waals surface area (Å²) in [4.78, 5) is 75.9. The van der Waals surface area contributed by atoms with E-state index in [1.807, 2.05) is 23.9 Å². The number of aldehydes is 1. The van der Waals surface area contributed by atoms with Crippen LogP contribution in [0, 0.1) is 0 Å². The van der Waals surface area contributed by atoms with Gasteiger partial charge in [0.2, 0.25) is 11.8 Å². The first-order valence-electron chi connectivity index (χ1n) is 26.7. The van der Waals surface area contributed by atoms with Crippen LogP contribution in [0.4, 0.5) is 47.3 Å². The number of methoxy groups -OCH3 is 2. The van der Waals surface area contributed by atoms with Gasteiger partial charge in [-0.25, -0.2) is 9.59 Å². The molecule has 6 amide bonds. The van der Waals surface area contributed by atoms with Crippen LogP contribution in [0.1, 0.15) is 38.2 Å². The first-order valence-corrected chi connectivity index (χ1v) is 28.2. The lowest BCUT2D eigenvalue weighted by Gasteiger charge is -2.40. The van der Waals surface area contributed by atoms with Gasteiger partial charge in [0.1, 0.15) is 12.1 Å². The minimum Gasteiger partial charge on any atom is -0.383 e. The van der Waals surface area contributed by atoms with Crippen LogP contribution in [0.3, 0.4) is 0 Å². The second-order valence-electron chi connectivity index (χ2n) is 19.9. The number of hydrogen-bond acceptors (Lipinski definition) is 11. The average Bonchev–Trinajstić information content (AvgIpc) is 4.31. The summed E-state index contributed by atoms with van der Waals surface area (Å²) >= 11 is 24.8. The number of carbonyl (C=O) groups is 5. The lowest BCUT2D eigenvalue weighted by molar-refractivity contribution is -0.138. The third-order valence-corrected chi connectivity index (χ3v) is 15.6. The molecule has 27 heteroatoms. The van der Waals surface area contributed by atoms with Crippen molar-refractivity contribution in [3.05, 3.63) is 126 Å². The number of ether oxygens (including phenoxy) is 2. The first kappa shape index (κ1) is 66.4. The number of likely N-dealkylation sites (N-methyl/N-ethyl adjacent to an activating group) is 2. The van der Waals surface area contributed by atoms with Crippen molar-refractivity contribution >= 4 is 87.9 Å². The molecule has 0 aromatic heterocycles. The molecule has 0 saturated carbocycles. The molecule has 8 rings (SSSR count). The molecule has 454 valence electrons. The molecule has 4 aromatic carbocycles. The summed E-state index contributed by atoms with van der Waals surface area (Å²) in [6.45, 7) is 7.50. The number of nitrogens with one attached hydrogen (secondary N) is 3. The third kappa shape index (κ3) is 18.4. The van der Waals surface area contributed by atoms with Crippen molar-refractivity contribution in [2.75, 3.05) is 143 Å². The minimum absolute atomic E-state index is 0.0615. The van der Waals surface area contributed by atoms with Crippen molar-refractivity contribution in [1.82, 2.24) is 40.4 Å². The lowest BCUT2D eigenvalue weighted by atomic mass is 10.0. The number of benzene rings is 4. The van der Waals surface area contributed by atoms with E-state index in [9.17, 15) is 50.3 Å². The number of amides is 6. The van der Waals surface area contributed by atoms with E-state index < -0.39 is 35.6 Å². The predicted molar refractivity (Wildman–Crippen MR) is 308 cm³/mol. The second kappa shape index (κ2) is 30.8. The van der Waals surface area contributed by atoms with Gasteiger partial charge >= 0.3 is 24.4 Å². The van der Waals surface area contributed by atoms with Crippen LogP contribution in [-0.4, -0.2) is 200 Å². The molecule has 83 heavy (non-hydrogen) atoms. The highest BCUT2D eigenvalue weighted by Gasteiger charge is 2.40. The standard InChI is InChI=1S/C28H34Cl2F3N5O3.C24H23Cl2F3N4O3.C4H11NO/c1-35(13-14-41-2)18-20-15-21(28(31,32)33)4-6-24(20)36-9-11-37(12-10-36)26(39)25(38-8-7-34-27(38)40)16-19-3-5-22(29)17-23(19)30;25-18-3-1-15(19(26)13-18)12-21(33-6-5-30-23(33)36)22(35)32-9-7-31(8-10-32)20-4-2-17(24(27,28)29)11-16(20)14-34;1-5-3-4-6-2/h3-6,15,17,25H,7-14,16,18H2,1-2H3,(H,34,40);1-4,11,13-14,21H,5-10,12H2,(H,30,36);5H,3-4H2,1-2H3/t25-;21-;/m11./s1. The molecule has 4 heterocycles. The fourth-order valence-corrected chi connectivity index (χ4v) is 10.9. The van der Waals surface area contributed by atoms with Crippen LogP contribution in [0.2, 0.25) is 20.1 Å². The third-order valence-electron chi connectivity index (χ3n) is 14.4. The van der Waals surface area contributed by atoms with Crippen molar-refractivity contribution in [1.29, 1.82) is 0 Å². The van der Waals surface area contributed by atoms with E-state index in [1.54, 1.807) is 65.3 Å². The molecule has 3 N–H and O–H groups in total. The van der Waals surface area contributed by atoms with E-state index in [-0.39, 0.29) is 55.4 Å². The molecule has 0 bridgehead atoms. The number of carbonyl (C=O) groups excluding carboxylic acids is 5. The van der Waals surface area contributed by atoms with Crippen LogP contribution in [0.15, 0.2) is 72.8 Å². The van der Waals surface area contributed by atoms with Gasteiger partial charge in [-0.05, 0) is 91.4 Å². The Morgan fingerprint density at radius 3 is 1.46 bits per heavy atom. The van der Waals surface area contributed by atoms with Crippen LogP contribution < -0.4 is 25.8 Å². The number of rotatable bonds is 19. The van der Waals surface area contributed by atoms with Crippen LogP contribution in [-0.2, 0) is 50.8 Å². The van der Waals surface area contributed by atoms with E-state index in [0.717, 1.165) is 31.4 Å². The van der Waals surface area contributed by atoms with Gasteiger partial charge in [-0.15, -0.1) is 0 Å².